The predicted molar refractivity (Wildman–Crippen MR) is 77.1 cm³/mol. The zero-order valence-electron chi connectivity index (χ0n) is 13.2. The van der Waals surface area contributed by atoms with Crippen molar-refractivity contribution in [3.05, 3.63) is 41.0 Å². The Bertz CT molecular complexity index is 806. The maximum atomic E-state index is 13.2. The van der Waals surface area contributed by atoms with Gasteiger partial charge in [0, 0.05) is 0 Å². The number of hydrazone groups is 1. The van der Waals surface area contributed by atoms with E-state index in [1.807, 2.05) is 0 Å². The van der Waals surface area contributed by atoms with Gasteiger partial charge in [0.15, 0.2) is 5.57 Å². The van der Waals surface area contributed by atoms with Gasteiger partial charge in [-0.15, -0.1) is 0 Å². The summed E-state index contributed by atoms with van der Waals surface area (Å²) in [5.74, 6) is -3.08. The largest absolute Gasteiger partial charge is 0.465 e. The number of carbonyl (C=O) groups is 2. The Morgan fingerprint density at radius 2 is 1.62 bits per heavy atom. The molecule has 0 radical (unpaired) electrons. The molecule has 1 amide bonds. The van der Waals surface area contributed by atoms with Gasteiger partial charge >= 0.3 is 18.3 Å². The molecule has 0 bridgehead atoms. The van der Waals surface area contributed by atoms with Crippen LogP contribution in [0.5, 0.6) is 0 Å². The zero-order valence-corrected chi connectivity index (χ0v) is 13.2. The van der Waals surface area contributed by atoms with Crippen LogP contribution in [0.3, 0.4) is 0 Å². The highest BCUT2D eigenvalue weighted by Crippen LogP contribution is 2.35. The summed E-state index contributed by atoms with van der Waals surface area (Å²) >= 11 is 0. The number of anilines is 1. The van der Waals surface area contributed by atoms with Gasteiger partial charge in [-0.05, 0) is 31.2 Å². The molecule has 140 valence electrons. The molecule has 0 atom stereocenters. The van der Waals surface area contributed by atoms with E-state index in [4.69, 9.17) is 0 Å². The molecule has 11 heteroatoms. The summed E-state index contributed by atoms with van der Waals surface area (Å²) in [6.07, 6.45) is -9.81. The molecule has 0 spiro atoms. The van der Waals surface area contributed by atoms with Gasteiger partial charge in [0.05, 0.1) is 29.6 Å². The second-order valence-electron chi connectivity index (χ2n) is 5.09. The van der Waals surface area contributed by atoms with Crippen LogP contribution in [0.2, 0.25) is 0 Å². The summed E-state index contributed by atoms with van der Waals surface area (Å²) in [6, 6.07) is 3.07. The predicted octanol–water partition coefficient (Wildman–Crippen LogP) is 3.46. The molecule has 0 fully saturated rings. The molecule has 1 aliphatic heterocycles. The lowest BCUT2D eigenvalue weighted by molar-refractivity contribution is -0.148. The third-order valence-electron chi connectivity index (χ3n) is 3.38. The monoisotopic (exact) mass is 380 g/mol. The van der Waals surface area contributed by atoms with Crippen molar-refractivity contribution >= 4 is 23.3 Å². The molecule has 0 saturated carbocycles. The van der Waals surface area contributed by atoms with Gasteiger partial charge in [-0.2, -0.15) is 36.5 Å². The maximum Gasteiger partial charge on any atom is 0.424 e. The summed E-state index contributed by atoms with van der Waals surface area (Å²) in [7, 11) is 0.716. The lowest BCUT2D eigenvalue weighted by Gasteiger charge is -2.15. The van der Waals surface area contributed by atoms with Crippen LogP contribution in [0, 0.1) is 0 Å². The standard InChI is InChI=1S/C15H10F6N2O3/c1-7-10(11(13(25)26-2)15(19,20)21)12(24)23(22-7)9-5-3-8(4-6-9)14(16,17)18/h3-6H,1-2H3. The van der Waals surface area contributed by atoms with E-state index in [1.165, 1.54) is 0 Å². The minimum absolute atomic E-state index is 0.191. The molecule has 1 heterocycles. The Kier molecular flexibility index (Phi) is 4.84. The van der Waals surface area contributed by atoms with Crippen molar-refractivity contribution in [2.75, 3.05) is 12.1 Å². The lowest BCUT2D eigenvalue weighted by atomic mass is 10.0. The number of ether oxygens (including phenoxy) is 1. The molecule has 1 aliphatic rings. The van der Waals surface area contributed by atoms with Gasteiger partial charge < -0.3 is 4.74 Å². The zero-order chi connectivity index (χ0) is 19.9. The fraction of sp³-hybridized carbons (Fsp3) is 0.267. The summed E-state index contributed by atoms with van der Waals surface area (Å²) in [4.78, 5) is 23.8. The SMILES string of the molecule is COC(=O)C(=C1C(=O)N(c2ccc(C(F)(F)F)cc2)N=C1C)C(F)(F)F. The molecule has 0 aromatic heterocycles. The maximum absolute atomic E-state index is 13.2. The number of alkyl halides is 6. The highest BCUT2D eigenvalue weighted by atomic mass is 19.4. The van der Waals surface area contributed by atoms with E-state index in [0.717, 1.165) is 19.1 Å². The summed E-state index contributed by atoms with van der Waals surface area (Å²) < 4.78 is 81.3. The number of amides is 1. The van der Waals surface area contributed by atoms with Crippen LogP contribution in [0.1, 0.15) is 12.5 Å². The average molecular weight is 380 g/mol. The number of benzene rings is 1. The average Bonchev–Trinajstić information content (AvgIpc) is 2.81. The normalized spacial score (nSPS) is 17.3. The van der Waals surface area contributed by atoms with Crippen LogP contribution < -0.4 is 5.01 Å². The van der Waals surface area contributed by atoms with Crippen molar-refractivity contribution in [2.45, 2.75) is 19.3 Å². The minimum Gasteiger partial charge on any atom is -0.465 e. The molecular weight excluding hydrogens is 370 g/mol. The quantitative estimate of drug-likeness (QED) is 0.449. The van der Waals surface area contributed by atoms with Crippen LogP contribution in [0.4, 0.5) is 32.0 Å². The first kappa shape index (κ1) is 19.5. The van der Waals surface area contributed by atoms with E-state index in [2.05, 4.69) is 9.84 Å². The van der Waals surface area contributed by atoms with E-state index in [-0.39, 0.29) is 5.69 Å². The van der Waals surface area contributed by atoms with Gasteiger partial charge in [0.25, 0.3) is 5.91 Å². The van der Waals surface area contributed by atoms with Crippen LogP contribution >= 0.6 is 0 Å². The minimum atomic E-state index is -5.19. The molecule has 0 saturated heterocycles. The lowest BCUT2D eigenvalue weighted by Crippen LogP contribution is -2.29. The number of methoxy groups -OCH3 is 1. The highest BCUT2D eigenvalue weighted by Gasteiger charge is 2.47. The Balaban J connectivity index is 2.50. The first-order valence-electron chi connectivity index (χ1n) is 6.85. The second kappa shape index (κ2) is 6.46. The first-order valence-corrected chi connectivity index (χ1v) is 6.85. The van der Waals surface area contributed by atoms with Gasteiger partial charge in [-0.1, -0.05) is 0 Å². The van der Waals surface area contributed by atoms with Crippen molar-refractivity contribution in [3.63, 3.8) is 0 Å². The van der Waals surface area contributed by atoms with E-state index in [9.17, 15) is 35.9 Å². The topological polar surface area (TPSA) is 59.0 Å². The molecule has 1 aromatic carbocycles. The van der Waals surface area contributed by atoms with E-state index >= 15 is 0 Å². The molecule has 26 heavy (non-hydrogen) atoms. The van der Waals surface area contributed by atoms with Crippen molar-refractivity contribution in [3.8, 4) is 0 Å². The molecular formula is C15H10F6N2O3. The number of hydrogen-bond donors (Lipinski definition) is 0. The summed E-state index contributed by atoms with van der Waals surface area (Å²) in [5.41, 5.74) is -4.48. The third kappa shape index (κ3) is 3.55. The van der Waals surface area contributed by atoms with E-state index in [1.54, 1.807) is 0 Å². The van der Waals surface area contributed by atoms with Gasteiger partial charge in [0.1, 0.15) is 0 Å². The summed E-state index contributed by atoms with van der Waals surface area (Å²) in [6.45, 7) is 1.06. The van der Waals surface area contributed by atoms with Crippen LogP contribution in [0.15, 0.2) is 40.5 Å². The van der Waals surface area contributed by atoms with Gasteiger partial charge in [-0.3, -0.25) is 4.79 Å². The molecule has 0 aliphatic carbocycles. The highest BCUT2D eigenvalue weighted by molar-refractivity contribution is 6.32. The first-order chi connectivity index (χ1) is 11.9. The fourth-order valence-corrected chi connectivity index (χ4v) is 2.22. The smallest absolute Gasteiger partial charge is 0.424 e. The number of esters is 1. The Labute approximate surface area is 142 Å². The number of halogens is 6. The molecule has 5 nitrogen and oxygen atoms in total. The summed E-state index contributed by atoms with van der Waals surface area (Å²) in [5, 5.41) is 4.10. The Hall–Kier alpha value is -2.85. The molecule has 2 rings (SSSR count). The fourth-order valence-electron chi connectivity index (χ4n) is 2.22. The van der Waals surface area contributed by atoms with Crippen LogP contribution in [0.25, 0.3) is 0 Å². The van der Waals surface area contributed by atoms with Crippen LogP contribution in [-0.4, -0.2) is 30.9 Å². The molecule has 0 N–H and O–H groups in total. The van der Waals surface area contributed by atoms with E-state index < -0.39 is 46.7 Å². The number of nitrogens with zero attached hydrogens (tertiary/aromatic N) is 2. The Morgan fingerprint density at radius 3 is 2.04 bits per heavy atom. The number of carbonyl (C=O) groups excluding carboxylic acids is 2. The van der Waals surface area contributed by atoms with Crippen molar-refractivity contribution in [1.82, 2.24) is 0 Å². The Morgan fingerprint density at radius 1 is 1.08 bits per heavy atom. The van der Waals surface area contributed by atoms with Crippen LogP contribution in [-0.2, 0) is 20.5 Å². The van der Waals surface area contributed by atoms with Crippen molar-refractivity contribution < 1.29 is 40.7 Å². The van der Waals surface area contributed by atoms with Crippen molar-refractivity contribution in [1.29, 1.82) is 0 Å². The third-order valence-corrected chi connectivity index (χ3v) is 3.38. The van der Waals surface area contributed by atoms with Crippen molar-refractivity contribution in [2.24, 2.45) is 5.10 Å². The van der Waals surface area contributed by atoms with E-state index in [0.29, 0.717) is 24.3 Å². The number of hydrogen-bond acceptors (Lipinski definition) is 4. The van der Waals surface area contributed by atoms with Gasteiger partial charge in [-0.25, -0.2) is 4.79 Å². The second-order valence-corrected chi connectivity index (χ2v) is 5.09. The molecule has 0 unspecified atom stereocenters. The number of rotatable bonds is 2. The van der Waals surface area contributed by atoms with Gasteiger partial charge in [0.2, 0.25) is 0 Å². The molecule has 1 aromatic rings.